The summed E-state index contributed by atoms with van der Waals surface area (Å²) in [5.74, 6) is -0.103. The van der Waals surface area contributed by atoms with Crippen molar-refractivity contribution in [3.63, 3.8) is 0 Å². The normalized spacial score (nSPS) is 10.6. The quantitative estimate of drug-likeness (QED) is 0.600. The van der Waals surface area contributed by atoms with Crippen molar-refractivity contribution in [2.75, 3.05) is 17.8 Å². The molecule has 0 saturated carbocycles. The number of carbonyl (C=O) groups is 1. The Balaban J connectivity index is 1.95. The summed E-state index contributed by atoms with van der Waals surface area (Å²) >= 11 is 4.65. The molecule has 3 aromatic rings. The van der Waals surface area contributed by atoms with E-state index in [0.29, 0.717) is 5.56 Å². The van der Waals surface area contributed by atoms with E-state index in [0.717, 1.165) is 25.5 Å². The molecular formula is C18H16N2OS3. The fourth-order valence-corrected chi connectivity index (χ4v) is 4.34. The number of anilines is 1. The Kier molecular flexibility index (Phi) is 5.60. The number of thioether (sulfide) groups is 2. The molecule has 3 nitrogen and oxygen atoms in total. The van der Waals surface area contributed by atoms with Gasteiger partial charge in [-0.2, -0.15) is 0 Å². The molecule has 0 radical (unpaired) electrons. The van der Waals surface area contributed by atoms with Gasteiger partial charge < -0.3 is 5.32 Å². The third kappa shape index (κ3) is 3.66. The highest BCUT2D eigenvalue weighted by molar-refractivity contribution is 8.00. The highest BCUT2D eigenvalue weighted by atomic mass is 32.2. The van der Waals surface area contributed by atoms with Crippen molar-refractivity contribution < 1.29 is 4.79 Å². The van der Waals surface area contributed by atoms with Crippen molar-refractivity contribution in [1.82, 2.24) is 4.98 Å². The Hall–Kier alpha value is -1.76. The van der Waals surface area contributed by atoms with Crippen LogP contribution in [0.3, 0.4) is 0 Å². The topological polar surface area (TPSA) is 42.0 Å². The van der Waals surface area contributed by atoms with E-state index >= 15 is 0 Å². The fraction of sp³-hybridized carbons (Fsp3) is 0.111. The van der Waals surface area contributed by atoms with Gasteiger partial charge in [-0.3, -0.25) is 4.79 Å². The molecule has 2 aromatic carbocycles. The molecule has 1 N–H and O–H groups in total. The predicted octanol–water partition coefficient (Wildman–Crippen LogP) is 5.51. The second-order valence-corrected chi connectivity index (χ2v) is 7.78. The molecule has 0 bridgehead atoms. The number of hydrogen-bond acceptors (Lipinski definition) is 5. The molecule has 24 heavy (non-hydrogen) atoms. The SMILES string of the molecule is CSc1nc(-c2ccccc2)c(NC(=O)c2ccccc2SC)s1. The lowest BCUT2D eigenvalue weighted by Crippen LogP contribution is -2.12. The smallest absolute Gasteiger partial charge is 0.257 e. The second-order valence-electron chi connectivity index (χ2n) is 4.88. The molecule has 0 atom stereocenters. The largest absolute Gasteiger partial charge is 0.312 e. The maximum atomic E-state index is 12.7. The van der Waals surface area contributed by atoms with E-state index in [2.05, 4.69) is 10.3 Å². The minimum absolute atomic E-state index is 0.103. The van der Waals surface area contributed by atoms with Gasteiger partial charge >= 0.3 is 0 Å². The van der Waals surface area contributed by atoms with E-state index < -0.39 is 0 Å². The van der Waals surface area contributed by atoms with Gasteiger partial charge in [-0.1, -0.05) is 65.6 Å². The number of nitrogens with zero attached hydrogens (tertiary/aromatic N) is 1. The number of hydrogen-bond donors (Lipinski definition) is 1. The average Bonchev–Trinajstić information content (AvgIpc) is 3.05. The minimum Gasteiger partial charge on any atom is -0.312 e. The lowest BCUT2D eigenvalue weighted by atomic mass is 10.1. The molecule has 0 unspecified atom stereocenters. The summed E-state index contributed by atoms with van der Waals surface area (Å²) in [4.78, 5) is 18.3. The van der Waals surface area contributed by atoms with Gasteiger partial charge in [-0.25, -0.2) is 4.98 Å². The lowest BCUT2D eigenvalue weighted by Gasteiger charge is -2.08. The number of amides is 1. The van der Waals surface area contributed by atoms with Crippen LogP contribution in [-0.4, -0.2) is 23.4 Å². The van der Waals surface area contributed by atoms with E-state index in [1.165, 1.54) is 11.3 Å². The van der Waals surface area contributed by atoms with Gasteiger partial charge in [0.05, 0.1) is 5.56 Å². The molecule has 0 fully saturated rings. The number of rotatable bonds is 5. The van der Waals surface area contributed by atoms with Gasteiger partial charge in [0.2, 0.25) is 0 Å². The molecule has 1 amide bonds. The molecule has 1 aromatic heterocycles. The Morgan fingerprint density at radius 2 is 1.71 bits per heavy atom. The van der Waals surface area contributed by atoms with Gasteiger partial charge in [0.1, 0.15) is 10.7 Å². The van der Waals surface area contributed by atoms with Crippen molar-refractivity contribution in [2.45, 2.75) is 9.24 Å². The molecule has 0 aliphatic heterocycles. The first kappa shape index (κ1) is 17.1. The van der Waals surface area contributed by atoms with E-state index in [1.807, 2.05) is 67.1 Å². The van der Waals surface area contributed by atoms with Gasteiger partial charge in [0, 0.05) is 10.5 Å². The third-order valence-corrected chi connectivity index (χ3v) is 6.16. The summed E-state index contributed by atoms with van der Waals surface area (Å²) in [5.41, 5.74) is 2.51. The van der Waals surface area contributed by atoms with Crippen LogP contribution in [-0.2, 0) is 0 Å². The summed E-state index contributed by atoms with van der Waals surface area (Å²) < 4.78 is 0.933. The number of thiazole rings is 1. The van der Waals surface area contributed by atoms with Crippen LogP contribution in [0.2, 0.25) is 0 Å². The first-order chi connectivity index (χ1) is 11.7. The number of nitrogens with one attached hydrogen (secondary N) is 1. The van der Waals surface area contributed by atoms with Crippen LogP contribution >= 0.6 is 34.9 Å². The van der Waals surface area contributed by atoms with Crippen molar-refractivity contribution in [3.05, 3.63) is 60.2 Å². The number of aromatic nitrogens is 1. The van der Waals surface area contributed by atoms with Gasteiger partial charge in [-0.15, -0.1) is 11.8 Å². The summed E-state index contributed by atoms with van der Waals surface area (Å²) in [5, 5.41) is 3.83. The zero-order valence-corrected chi connectivity index (χ0v) is 15.7. The Morgan fingerprint density at radius 3 is 2.42 bits per heavy atom. The highest BCUT2D eigenvalue weighted by Crippen LogP contribution is 2.37. The zero-order chi connectivity index (χ0) is 16.9. The molecular weight excluding hydrogens is 356 g/mol. The first-order valence-corrected chi connectivity index (χ1v) is 10.5. The van der Waals surface area contributed by atoms with Gasteiger partial charge in [0.15, 0.2) is 4.34 Å². The van der Waals surface area contributed by atoms with E-state index in [4.69, 9.17) is 0 Å². The molecule has 0 aliphatic carbocycles. The predicted molar refractivity (Wildman–Crippen MR) is 106 cm³/mol. The van der Waals surface area contributed by atoms with E-state index in [-0.39, 0.29) is 5.91 Å². The standard InChI is InChI=1S/C18H16N2OS3/c1-22-14-11-7-6-10-13(14)16(21)20-17-15(19-18(23-2)24-17)12-8-4-3-5-9-12/h3-11H,1-2H3,(H,20,21). The van der Waals surface area contributed by atoms with Crippen molar-refractivity contribution in [2.24, 2.45) is 0 Å². The molecule has 122 valence electrons. The first-order valence-electron chi connectivity index (χ1n) is 7.27. The van der Waals surface area contributed by atoms with Gasteiger partial charge in [0.25, 0.3) is 5.91 Å². The molecule has 3 rings (SSSR count). The molecule has 0 aliphatic rings. The van der Waals surface area contributed by atoms with Gasteiger partial charge in [-0.05, 0) is 24.6 Å². The molecule has 6 heteroatoms. The van der Waals surface area contributed by atoms with Crippen LogP contribution in [0.15, 0.2) is 63.8 Å². The average molecular weight is 373 g/mol. The maximum Gasteiger partial charge on any atom is 0.257 e. The van der Waals surface area contributed by atoms with Crippen molar-refractivity contribution in [1.29, 1.82) is 0 Å². The summed E-state index contributed by atoms with van der Waals surface area (Å²) in [6.45, 7) is 0. The van der Waals surface area contributed by atoms with Crippen molar-refractivity contribution in [3.8, 4) is 11.3 Å². The van der Waals surface area contributed by atoms with Crippen LogP contribution in [0.4, 0.5) is 5.00 Å². The zero-order valence-electron chi connectivity index (χ0n) is 13.3. The Labute approximate surface area is 153 Å². The van der Waals surface area contributed by atoms with Crippen molar-refractivity contribution >= 4 is 45.8 Å². The summed E-state index contributed by atoms with van der Waals surface area (Å²) in [7, 11) is 0. The molecule has 0 spiro atoms. The van der Waals surface area contributed by atoms with Crippen LogP contribution in [0.5, 0.6) is 0 Å². The lowest BCUT2D eigenvalue weighted by molar-refractivity contribution is 0.102. The summed E-state index contributed by atoms with van der Waals surface area (Å²) in [6.07, 6.45) is 3.96. The van der Waals surface area contributed by atoms with Crippen LogP contribution in [0, 0.1) is 0 Å². The Bertz CT molecular complexity index is 846. The molecule has 0 saturated heterocycles. The van der Waals surface area contributed by atoms with Crippen LogP contribution < -0.4 is 5.32 Å². The summed E-state index contributed by atoms with van der Waals surface area (Å²) in [6, 6.07) is 17.6. The number of benzene rings is 2. The monoisotopic (exact) mass is 372 g/mol. The van der Waals surface area contributed by atoms with E-state index in [1.54, 1.807) is 23.5 Å². The third-order valence-electron chi connectivity index (χ3n) is 3.41. The minimum atomic E-state index is -0.103. The fourth-order valence-electron chi connectivity index (χ4n) is 2.27. The highest BCUT2D eigenvalue weighted by Gasteiger charge is 2.17. The van der Waals surface area contributed by atoms with Crippen LogP contribution in [0.25, 0.3) is 11.3 Å². The second kappa shape index (κ2) is 7.88. The maximum absolute atomic E-state index is 12.7. The van der Waals surface area contributed by atoms with E-state index in [9.17, 15) is 4.79 Å². The molecule has 1 heterocycles. The van der Waals surface area contributed by atoms with Crippen LogP contribution in [0.1, 0.15) is 10.4 Å². The number of carbonyl (C=O) groups excluding carboxylic acids is 1. The Morgan fingerprint density at radius 1 is 1.00 bits per heavy atom.